The number of likely N-dealkylation sites (tertiary alicyclic amines) is 1. The normalized spacial score (nSPS) is 23.1. The first-order valence-corrected chi connectivity index (χ1v) is 11.8. The van der Waals surface area contributed by atoms with Gasteiger partial charge in [-0.15, -0.1) is 22.6 Å². The molecule has 2 atom stereocenters. The van der Waals surface area contributed by atoms with Gasteiger partial charge in [-0.05, 0) is 62.6 Å². The van der Waals surface area contributed by atoms with Gasteiger partial charge in [-0.2, -0.15) is 0 Å². The van der Waals surface area contributed by atoms with Crippen molar-refractivity contribution in [3.8, 4) is 11.6 Å². The molecule has 31 heavy (non-hydrogen) atoms. The van der Waals surface area contributed by atoms with E-state index in [-0.39, 0.29) is 12.4 Å². The minimum absolute atomic E-state index is 0. The largest absolute Gasteiger partial charge is 0.440 e. The maximum atomic E-state index is 5.46. The summed E-state index contributed by atoms with van der Waals surface area (Å²) in [4.78, 5) is 6.83. The van der Waals surface area contributed by atoms with Gasteiger partial charge in [0.25, 0.3) is 0 Å². The fourth-order valence-corrected chi connectivity index (χ4v) is 6.01. The van der Waals surface area contributed by atoms with E-state index in [4.69, 9.17) is 4.42 Å². The van der Waals surface area contributed by atoms with Gasteiger partial charge in [0, 0.05) is 19.3 Å². The molecule has 1 aliphatic heterocycles. The second-order valence-electron chi connectivity index (χ2n) is 8.72. The van der Waals surface area contributed by atoms with Crippen LogP contribution in [0.3, 0.4) is 0 Å². The fraction of sp³-hybridized carbons (Fsp3) is 0.522. The van der Waals surface area contributed by atoms with Gasteiger partial charge in [0.05, 0.1) is 5.69 Å². The van der Waals surface area contributed by atoms with Crippen molar-refractivity contribution in [2.45, 2.75) is 43.7 Å². The Labute approximate surface area is 194 Å². The third kappa shape index (κ3) is 4.28. The molecule has 5 rings (SSSR count). The second kappa shape index (κ2) is 9.35. The average molecular weight is 460 g/mol. The average Bonchev–Trinajstić information content (AvgIpc) is 3.45. The molecular formula is C23H30ClN5OS. The Bertz CT molecular complexity index is 1010. The van der Waals surface area contributed by atoms with Gasteiger partial charge in [0.15, 0.2) is 17.3 Å². The van der Waals surface area contributed by atoms with Crippen LogP contribution in [0.2, 0.25) is 0 Å². The molecular weight excluding hydrogens is 430 g/mol. The zero-order chi connectivity index (χ0) is 20.6. The lowest BCUT2D eigenvalue weighted by Gasteiger charge is -2.48. The SMILES string of the molecule is Cc1ncoc1-c1nnc(SCCCN2CC[C@@]3(CC[C@@H]3c3ccccc3)C2)n1C.Cl. The Morgan fingerprint density at radius 2 is 2.03 bits per heavy atom. The van der Waals surface area contributed by atoms with Gasteiger partial charge in [-0.25, -0.2) is 4.98 Å². The van der Waals surface area contributed by atoms with Crippen molar-refractivity contribution in [1.29, 1.82) is 0 Å². The number of aryl methyl sites for hydroxylation is 1. The van der Waals surface area contributed by atoms with E-state index in [0.29, 0.717) is 11.2 Å². The molecule has 1 saturated heterocycles. The Morgan fingerprint density at radius 1 is 1.19 bits per heavy atom. The van der Waals surface area contributed by atoms with Crippen LogP contribution < -0.4 is 0 Å². The van der Waals surface area contributed by atoms with Crippen LogP contribution in [0.1, 0.15) is 42.9 Å². The monoisotopic (exact) mass is 459 g/mol. The van der Waals surface area contributed by atoms with Crippen LogP contribution in [0.5, 0.6) is 0 Å². The van der Waals surface area contributed by atoms with E-state index in [0.717, 1.165) is 28.3 Å². The number of hydrogen-bond donors (Lipinski definition) is 0. The summed E-state index contributed by atoms with van der Waals surface area (Å²) in [5.41, 5.74) is 2.91. The zero-order valence-electron chi connectivity index (χ0n) is 18.2. The van der Waals surface area contributed by atoms with Crippen LogP contribution in [0.4, 0.5) is 0 Å². The van der Waals surface area contributed by atoms with Crippen molar-refractivity contribution >= 4 is 24.2 Å². The van der Waals surface area contributed by atoms with Gasteiger partial charge in [0.2, 0.25) is 5.82 Å². The first kappa shape index (κ1) is 22.4. The molecule has 1 spiro atoms. The van der Waals surface area contributed by atoms with Gasteiger partial charge in [0.1, 0.15) is 0 Å². The third-order valence-electron chi connectivity index (χ3n) is 6.97. The van der Waals surface area contributed by atoms with Crippen LogP contribution in [0.25, 0.3) is 11.6 Å². The second-order valence-corrected chi connectivity index (χ2v) is 9.79. The molecule has 1 aliphatic carbocycles. The van der Waals surface area contributed by atoms with E-state index in [9.17, 15) is 0 Å². The standard InChI is InChI=1S/C23H29N5OS.ClH/c1-17-20(29-16-24-17)21-25-26-22(27(21)2)30-14-6-12-28-13-11-23(15-28)10-9-19(23)18-7-4-3-5-8-18;/h3-5,7-8,16,19H,6,9-15H2,1-2H3;1H/t19-,23+;/m1./s1. The molecule has 2 fully saturated rings. The molecule has 0 N–H and O–H groups in total. The summed E-state index contributed by atoms with van der Waals surface area (Å²) >= 11 is 1.77. The van der Waals surface area contributed by atoms with Crippen LogP contribution in [-0.4, -0.2) is 50.0 Å². The predicted molar refractivity (Wildman–Crippen MR) is 126 cm³/mol. The Balaban J connectivity index is 0.00000231. The molecule has 1 aromatic carbocycles. The number of halogens is 1. The van der Waals surface area contributed by atoms with Gasteiger partial charge < -0.3 is 13.9 Å². The minimum atomic E-state index is 0. The Kier molecular flexibility index (Phi) is 6.74. The molecule has 0 amide bonds. The summed E-state index contributed by atoms with van der Waals surface area (Å²) in [6, 6.07) is 11.1. The van der Waals surface area contributed by atoms with E-state index in [1.54, 1.807) is 17.3 Å². The van der Waals surface area contributed by atoms with E-state index in [1.165, 1.54) is 51.7 Å². The highest BCUT2D eigenvalue weighted by Gasteiger charge is 2.50. The summed E-state index contributed by atoms with van der Waals surface area (Å²) in [5.74, 6) is 3.25. The molecule has 3 aromatic rings. The molecule has 2 aliphatic rings. The molecule has 2 aromatic heterocycles. The predicted octanol–water partition coefficient (Wildman–Crippen LogP) is 4.95. The maximum absolute atomic E-state index is 5.46. The van der Waals surface area contributed by atoms with Crippen molar-refractivity contribution in [1.82, 2.24) is 24.6 Å². The number of hydrogen-bond acceptors (Lipinski definition) is 6. The molecule has 1 saturated carbocycles. The highest BCUT2D eigenvalue weighted by Crippen LogP contribution is 2.57. The number of aromatic nitrogens is 4. The molecule has 0 unspecified atom stereocenters. The molecule has 3 heterocycles. The van der Waals surface area contributed by atoms with Crippen LogP contribution in [0, 0.1) is 12.3 Å². The molecule has 8 heteroatoms. The molecule has 0 bridgehead atoms. The number of benzene rings is 1. The molecule has 6 nitrogen and oxygen atoms in total. The van der Waals surface area contributed by atoms with Crippen molar-refractivity contribution in [2.24, 2.45) is 12.5 Å². The van der Waals surface area contributed by atoms with E-state index in [1.807, 2.05) is 18.5 Å². The number of oxazole rings is 1. The van der Waals surface area contributed by atoms with Crippen molar-refractivity contribution in [2.75, 3.05) is 25.4 Å². The number of nitrogens with zero attached hydrogens (tertiary/aromatic N) is 5. The quantitative estimate of drug-likeness (QED) is 0.368. The summed E-state index contributed by atoms with van der Waals surface area (Å²) in [5, 5.41) is 9.58. The number of rotatable bonds is 7. The third-order valence-corrected chi connectivity index (χ3v) is 8.08. The number of thioether (sulfide) groups is 1. The highest BCUT2D eigenvalue weighted by molar-refractivity contribution is 7.99. The summed E-state index contributed by atoms with van der Waals surface area (Å²) in [6.45, 7) is 5.60. The fourth-order valence-electron chi connectivity index (χ4n) is 5.17. The van der Waals surface area contributed by atoms with E-state index in [2.05, 4.69) is 50.4 Å². The lowest BCUT2D eigenvalue weighted by atomic mass is 9.57. The smallest absolute Gasteiger partial charge is 0.202 e. The first-order valence-electron chi connectivity index (χ1n) is 10.9. The van der Waals surface area contributed by atoms with E-state index >= 15 is 0 Å². The van der Waals surface area contributed by atoms with E-state index < -0.39 is 0 Å². The minimum Gasteiger partial charge on any atom is -0.440 e. The lowest BCUT2D eigenvalue weighted by Crippen LogP contribution is -2.41. The molecule has 166 valence electrons. The van der Waals surface area contributed by atoms with Crippen molar-refractivity contribution in [3.63, 3.8) is 0 Å². The lowest BCUT2D eigenvalue weighted by molar-refractivity contribution is 0.0973. The van der Waals surface area contributed by atoms with Crippen LogP contribution in [0.15, 0.2) is 46.3 Å². The summed E-state index contributed by atoms with van der Waals surface area (Å²) in [6.07, 6.45) is 6.72. The summed E-state index contributed by atoms with van der Waals surface area (Å²) < 4.78 is 7.47. The highest BCUT2D eigenvalue weighted by atomic mass is 35.5. The van der Waals surface area contributed by atoms with Crippen molar-refractivity contribution < 1.29 is 4.42 Å². The summed E-state index contributed by atoms with van der Waals surface area (Å²) in [7, 11) is 1.99. The van der Waals surface area contributed by atoms with Gasteiger partial charge in [-0.3, -0.25) is 0 Å². The van der Waals surface area contributed by atoms with Gasteiger partial charge in [-0.1, -0.05) is 42.1 Å². The topological polar surface area (TPSA) is 60.0 Å². The van der Waals surface area contributed by atoms with Crippen LogP contribution >= 0.6 is 24.2 Å². The first-order chi connectivity index (χ1) is 14.7. The van der Waals surface area contributed by atoms with Crippen LogP contribution in [-0.2, 0) is 7.05 Å². The molecule has 0 radical (unpaired) electrons. The Hall–Kier alpha value is -1.83. The zero-order valence-corrected chi connectivity index (χ0v) is 19.8. The Morgan fingerprint density at radius 3 is 2.74 bits per heavy atom. The van der Waals surface area contributed by atoms with Crippen molar-refractivity contribution in [3.05, 3.63) is 48.0 Å². The maximum Gasteiger partial charge on any atom is 0.202 e. The van der Waals surface area contributed by atoms with Gasteiger partial charge >= 0.3 is 0 Å².